The van der Waals surface area contributed by atoms with Gasteiger partial charge in [-0.3, -0.25) is 9.36 Å². The van der Waals surface area contributed by atoms with Crippen LogP contribution in [-0.2, 0) is 13.6 Å². The molecule has 0 spiro atoms. The van der Waals surface area contributed by atoms with Crippen LogP contribution in [0, 0.1) is 0 Å². The van der Waals surface area contributed by atoms with E-state index in [1.807, 2.05) is 11.5 Å². The molecule has 0 bridgehead atoms. The van der Waals surface area contributed by atoms with E-state index in [1.54, 1.807) is 19.2 Å². The second kappa shape index (κ2) is 7.55. The van der Waals surface area contributed by atoms with E-state index in [9.17, 15) is 14.7 Å². The van der Waals surface area contributed by atoms with E-state index in [0.717, 1.165) is 26.2 Å². The normalized spacial score (nSPS) is 14.3. The van der Waals surface area contributed by atoms with E-state index in [1.165, 1.54) is 16.7 Å². The molecule has 29 heavy (non-hydrogen) atoms. The fourth-order valence-electron chi connectivity index (χ4n) is 3.46. The molecular formula is C19H22N6O4. The summed E-state index contributed by atoms with van der Waals surface area (Å²) in [7, 11) is 1.55. The van der Waals surface area contributed by atoms with Gasteiger partial charge in [0.05, 0.1) is 0 Å². The zero-order valence-electron chi connectivity index (χ0n) is 16.3. The molecule has 10 nitrogen and oxygen atoms in total. The molecule has 4 rings (SSSR count). The quantitative estimate of drug-likeness (QED) is 0.655. The number of carboxylic acids is 1. The molecule has 0 aliphatic carbocycles. The summed E-state index contributed by atoms with van der Waals surface area (Å²) in [5.74, 6) is -0.307. The van der Waals surface area contributed by atoms with E-state index in [-0.39, 0.29) is 28.5 Å². The van der Waals surface area contributed by atoms with Gasteiger partial charge in [-0.15, -0.1) is 0 Å². The number of aryl methyl sites for hydroxylation is 1. The lowest BCUT2D eigenvalue weighted by atomic mass is 10.2. The van der Waals surface area contributed by atoms with E-state index in [0.29, 0.717) is 18.0 Å². The van der Waals surface area contributed by atoms with Gasteiger partial charge >= 0.3 is 12.0 Å². The Morgan fingerprint density at radius 2 is 1.97 bits per heavy atom. The van der Waals surface area contributed by atoms with E-state index in [2.05, 4.69) is 20.2 Å². The van der Waals surface area contributed by atoms with Crippen LogP contribution < -0.4 is 20.5 Å². The third-order valence-corrected chi connectivity index (χ3v) is 4.96. The van der Waals surface area contributed by atoms with E-state index in [4.69, 9.17) is 4.74 Å². The number of fused-ring (bicyclic) bond motifs is 1. The smallest absolute Gasteiger partial charge is 0.339 e. The fraction of sp³-hybridized carbons (Fsp3) is 0.368. The zero-order chi connectivity index (χ0) is 20.5. The minimum Gasteiger partial charge on any atom is -0.478 e. The minimum atomic E-state index is -1.12. The standard InChI is InChI=1S/C19H22N6O4/c1-3-25-14-15(21-18(25)24-10-8-20-9-11-24)22-19(23(2)16(14)26)29-13-7-5-4-6-12(13)17(27)28/h4-7,20H,3,8-11H2,1-2H3,(H,27,28). The third-order valence-electron chi connectivity index (χ3n) is 4.96. The summed E-state index contributed by atoms with van der Waals surface area (Å²) in [6.45, 7) is 5.81. The molecule has 1 aliphatic rings. The predicted molar refractivity (Wildman–Crippen MR) is 107 cm³/mol. The number of ether oxygens (including phenoxy) is 1. The summed E-state index contributed by atoms with van der Waals surface area (Å²) in [5.41, 5.74) is 0.379. The fourth-order valence-corrected chi connectivity index (χ4v) is 3.46. The first kappa shape index (κ1) is 18.9. The van der Waals surface area contributed by atoms with Gasteiger partial charge in [0.1, 0.15) is 11.3 Å². The number of hydrogen-bond acceptors (Lipinski definition) is 7. The number of aromatic carboxylic acids is 1. The Morgan fingerprint density at radius 3 is 2.66 bits per heavy atom. The molecule has 2 aromatic heterocycles. The van der Waals surface area contributed by atoms with Crippen molar-refractivity contribution in [3.8, 4) is 11.8 Å². The summed E-state index contributed by atoms with van der Waals surface area (Å²) in [6, 6.07) is 6.21. The molecule has 1 aromatic carbocycles. The van der Waals surface area contributed by atoms with Crippen LogP contribution in [0.1, 0.15) is 17.3 Å². The van der Waals surface area contributed by atoms with Crippen molar-refractivity contribution in [2.24, 2.45) is 7.05 Å². The highest BCUT2D eigenvalue weighted by Gasteiger charge is 2.23. The highest BCUT2D eigenvalue weighted by molar-refractivity contribution is 5.90. The van der Waals surface area contributed by atoms with Crippen molar-refractivity contribution in [1.29, 1.82) is 0 Å². The predicted octanol–water partition coefficient (Wildman–Crippen LogP) is 1.05. The maximum atomic E-state index is 13.1. The van der Waals surface area contributed by atoms with Gasteiger partial charge in [-0.2, -0.15) is 9.97 Å². The monoisotopic (exact) mass is 398 g/mol. The van der Waals surface area contributed by atoms with Crippen LogP contribution in [0.2, 0.25) is 0 Å². The van der Waals surface area contributed by atoms with Gasteiger partial charge in [0.2, 0.25) is 5.95 Å². The Hall–Kier alpha value is -3.40. The molecule has 152 valence electrons. The lowest BCUT2D eigenvalue weighted by Gasteiger charge is -2.28. The van der Waals surface area contributed by atoms with Crippen molar-refractivity contribution in [3.63, 3.8) is 0 Å². The van der Waals surface area contributed by atoms with Crippen molar-refractivity contribution in [3.05, 3.63) is 40.2 Å². The number of nitrogens with one attached hydrogen (secondary N) is 1. The van der Waals surface area contributed by atoms with E-state index >= 15 is 0 Å². The highest BCUT2D eigenvalue weighted by atomic mass is 16.5. The summed E-state index contributed by atoms with van der Waals surface area (Å²) >= 11 is 0. The summed E-state index contributed by atoms with van der Waals surface area (Å²) in [5, 5.41) is 12.7. The zero-order valence-corrected chi connectivity index (χ0v) is 16.3. The van der Waals surface area contributed by atoms with Crippen LogP contribution in [0.4, 0.5) is 5.95 Å². The number of aromatic nitrogens is 4. The summed E-state index contributed by atoms with van der Waals surface area (Å²) < 4.78 is 8.86. The number of nitrogens with zero attached hydrogens (tertiary/aromatic N) is 5. The summed E-state index contributed by atoms with van der Waals surface area (Å²) in [6.07, 6.45) is 0. The number of carboxylic acid groups (broad SMARTS) is 1. The lowest BCUT2D eigenvalue weighted by molar-refractivity contribution is 0.0694. The number of imidazole rings is 1. The van der Waals surface area contributed by atoms with E-state index < -0.39 is 5.97 Å². The van der Waals surface area contributed by atoms with Crippen LogP contribution in [0.15, 0.2) is 29.1 Å². The number of hydrogen-bond donors (Lipinski definition) is 2. The first-order valence-corrected chi connectivity index (χ1v) is 9.44. The van der Waals surface area contributed by atoms with Gasteiger partial charge in [0, 0.05) is 39.8 Å². The van der Waals surface area contributed by atoms with Crippen LogP contribution in [-0.4, -0.2) is 56.4 Å². The van der Waals surface area contributed by atoms with Crippen LogP contribution in [0.3, 0.4) is 0 Å². The molecule has 3 heterocycles. The van der Waals surface area contributed by atoms with Gasteiger partial charge in [-0.05, 0) is 19.1 Å². The molecular weight excluding hydrogens is 376 g/mol. The Morgan fingerprint density at radius 1 is 1.24 bits per heavy atom. The van der Waals surface area contributed by atoms with Gasteiger partial charge in [0.15, 0.2) is 11.2 Å². The maximum absolute atomic E-state index is 13.1. The average Bonchev–Trinajstić information content (AvgIpc) is 3.11. The van der Waals surface area contributed by atoms with Crippen molar-refractivity contribution < 1.29 is 14.6 Å². The van der Waals surface area contributed by atoms with Crippen molar-refractivity contribution in [1.82, 2.24) is 24.4 Å². The lowest BCUT2D eigenvalue weighted by Crippen LogP contribution is -2.44. The molecule has 0 saturated carbocycles. The van der Waals surface area contributed by atoms with Crippen LogP contribution in [0.25, 0.3) is 11.2 Å². The van der Waals surface area contributed by atoms with Crippen molar-refractivity contribution in [2.75, 3.05) is 31.1 Å². The largest absolute Gasteiger partial charge is 0.478 e. The van der Waals surface area contributed by atoms with Crippen molar-refractivity contribution in [2.45, 2.75) is 13.5 Å². The molecule has 0 unspecified atom stereocenters. The van der Waals surface area contributed by atoms with Crippen molar-refractivity contribution >= 4 is 23.1 Å². The molecule has 3 aromatic rings. The number of anilines is 1. The van der Waals surface area contributed by atoms with Crippen LogP contribution in [0.5, 0.6) is 11.8 Å². The van der Waals surface area contributed by atoms with Gasteiger partial charge < -0.3 is 24.6 Å². The maximum Gasteiger partial charge on any atom is 0.339 e. The molecule has 1 fully saturated rings. The number of rotatable bonds is 5. The van der Waals surface area contributed by atoms with Gasteiger partial charge in [0.25, 0.3) is 5.56 Å². The molecule has 0 atom stereocenters. The SMILES string of the molecule is CCn1c(N2CCNCC2)nc2nc(Oc3ccccc3C(=O)O)n(C)c(=O)c21. The molecule has 10 heteroatoms. The highest BCUT2D eigenvalue weighted by Crippen LogP contribution is 2.26. The third kappa shape index (κ3) is 3.31. The Labute approximate surface area is 166 Å². The minimum absolute atomic E-state index is 0.0104. The second-order valence-electron chi connectivity index (χ2n) is 6.73. The first-order chi connectivity index (χ1) is 14.0. The van der Waals surface area contributed by atoms with Gasteiger partial charge in [-0.1, -0.05) is 12.1 Å². The number of carbonyl (C=O) groups is 1. The average molecular weight is 398 g/mol. The first-order valence-electron chi connectivity index (χ1n) is 9.44. The number of piperazine rings is 1. The number of benzene rings is 1. The molecule has 0 radical (unpaired) electrons. The number of para-hydroxylation sites is 1. The van der Waals surface area contributed by atoms with Crippen LogP contribution >= 0.6 is 0 Å². The molecule has 2 N–H and O–H groups in total. The Bertz CT molecular complexity index is 1130. The Balaban J connectivity index is 1.82. The van der Waals surface area contributed by atoms with Gasteiger partial charge in [-0.25, -0.2) is 4.79 Å². The topological polar surface area (TPSA) is 115 Å². The Kier molecular flexibility index (Phi) is 4.93. The second-order valence-corrected chi connectivity index (χ2v) is 6.73. The molecule has 1 saturated heterocycles. The summed E-state index contributed by atoms with van der Waals surface area (Å²) in [4.78, 5) is 35.7. The molecule has 0 amide bonds. The molecule has 1 aliphatic heterocycles.